The molecule has 7 unspecified atom stereocenters. The molecule has 7 atom stereocenters. The molecule has 0 aromatic heterocycles. The predicted molar refractivity (Wildman–Crippen MR) is 295 cm³/mol. The first-order chi connectivity index (χ1) is 34.3. The maximum atomic E-state index is 13.0. The molecule has 0 bridgehead atoms. The lowest BCUT2D eigenvalue weighted by molar-refractivity contribution is -0.302. The lowest BCUT2D eigenvalue weighted by atomic mass is 9.99. The van der Waals surface area contributed by atoms with Crippen molar-refractivity contribution in [1.82, 2.24) is 5.32 Å². The number of allylic oxidation sites excluding steroid dienone is 7. The molecule has 1 saturated heterocycles. The predicted octanol–water partition coefficient (Wildman–Crippen LogP) is 14.9. The monoisotopic (exact) mass is 988 g/mol. The zero-order valence-corrected chi connectivity index (χ0v) is 45.5. The van der Waals surface area contributed by atoms with Crippen LogP contribution < -0.4 is 5.32 Å². The van der Waals surface area contributed by atoms with Crippen molar-refractivity contribution in [2.75, 3.05) is 13.2 Å². The SMILES string of the molecule is CCCC/C=C/CC/C=C/C(O)C(COC1OC(CO)C(O)C(O)C1O)NC(=O)CCCCCCCCCCCCCCCCCCCCCCCCCCCCC/C=C\C/C=C\CCCCCCC. The van der Waals surface area contributed by atoms with E-state index in [1.807, 2.05) is 6.08 Å². The average molecular weight is 989 g/mol. The molecular formula is C61H113NO8. The first kappa shape index (κ1) is 66.2. The van der Waals surface area contributed by atoms with Gasteiger partial charge in [0.1, 0.15) is 24.4 Å². The first-order valence-corrected chi connectivity index (χ1v) is 29.9. The molecule has 0 aromatic carbocycles. The molecule has 9 heteroatoms. The van der Waals surface area contributed by atoms with Gasteiger partial charge in [0.25, 0.3) is 0 Å². The molecule has 6 N–H and O–H groups in total. The van der Waals surface area contributed by atoms with Crippen LogP contribution in [-0.2, 0) is 14.3 Å². The minimum absolute atomic E-state index is 0.187. The number of aliphatic hydroxyl groups is 5. The summed E-state index contributed by atoms with van der Waals surface area (Å²) >= 11 is 0. The van der Waals surface area contributed by atoms with Crippen molar-refractivity contribution >= 4 is 5.91 Å². The van der Waals surface area contributed by atoms with E-state index in [2.05, 4.69) is 55.6 Å². The van der Waals surface area contributed by atoms with Gasteiger partial charge in [-0.15, -0.1) is 0 Å². The smallest absolute Gasteiger partial charge is 0.220 e. The second-order valence-electron chi connectivity index (χ2n) is 20.8. The van der Waals surface area contributed by atoms with Gasteiger partial charge in [0.15, 0.2) is 6.29 Å². The van der Waals surface area contributed by atoms with Crippen molar-refractivity contribution in [1.29, 1.82) is 0 Å². The first-order valence-electron chi connectivity index (χ1n) is 29.9. The van der Waals surface area contributed by atoms with Gasteiger partial charge in [0.2, 0.25) is 5.91 Å². The molecule has 1 aliphatic rings. The number of carbonyl (C=O) groups is 1. The Labute approximate surface area is 431 Å². The van der Waals surface area contributed by atoms with Crippen LogP contribution in [-0.4, -0.2) is 87.5 Å². The Morgan fingerprint density at radius 1 is 0.486 bits per heavy atom. The summed E-state index contributed by atoms with van der Waals surface area (Å²) in [7, 11) is 0. The average Bonchev–Trinajstić information content (AvgIpc) is 3.36. The topological polar surface area (TPSA) is 149 Å². The summed E-state index contributed by atoms with van der Waals surface area (Å²) in [5.74, 6) is -0.187. The van der Waals surface area contributed by atoms with Gasteiger partial charge in [-0.3, -0.25) is 4.79 Å². The number of aliphatic hydroxyl groups excluding tert-OH is 5. The molecule has 1 fully saturated rings. The van der Waals surface area contributed by atoms with Gasteiger partial charge in [-0.05, 0) is 57.8 Å². The standard InChI is InChI=1S/C61H113NO8/c1-3-5-7-9-11-13-14-15-16-17-18-19-20-21-22-23-24-25-26-27-28-29-30-31-32-33-34-35-36-37-38-39-40-41-42-43-45-47-49-51-57(65)62-54(55(64)50-48-46-44-12-10-8-6-4-2)53-69-61-60(68)59(67)58(66)56(52-63)70-61/h10,12,14-15,17-18,48,50,54-56,58-61,63-64,66-68H,3-9,11,13,16,19-47,49,51-53H2,1-2H3,(H,62,65)/b12-10+,15-14-,18-17-,50-48+. The summed E-state index contributed by atoms with van der Waals surface area (Å²) in [6.07, 6.45) is 61.1. The Balaban J connectivity index is 1.97. The molecule has 0 radical (unpaired) electrons. The van der Waals surface area contributed by atoms with Crippen LogP contribution in [0.3, 0.4) is 0 Å². The van der Waals surface area contributed by atoms with E-state index >= 15 is 0 Å². The van der Waals surface area contributed by atoms with E-state index in [0.29, 0.717) is 6.42 Å². The van der Waals surface area contributed by atoms with Gasteiger partial charge >= 0.3 is 0 Å². The minimum Gasteiger partial charge on any atom is -0.394 e. The molecule has 70 heavy (non-hydrogen) atoms. The zero-order valence-electron chi connectivity index (χ0n) is 45.5. The number of ether oxygens (including phenoxy) is 2. The number of rotatable bonds is 51. The fraction of sp³-hybridized carbons (Fsp3) is 0.852. The summed E-state index contributed by atoms with van der Waals surface area (Å²) in [5, 5.41) is 54.1. The lowest BCUT2D eigenvalue weighted by Crippen LogP contribution is -2.60. The Hall–Kier alpha value is -1.85. The number of nitrogens with one attached hydrogen (secondary N) is 1. The Kier molecular flexibility index (Phi) is 47.9. The van der Waals surface area contributed by atoms with E-state index in [1.165, 1.54) is 205 Å². The van der Waals surface area contributed by atoms with Crippen LogP contribution in [0.2, 0.25) is 0 Å². The van der Waals surface area contributed by atoms with E-state index in [1.54, 1.807) is 6.08 Å². The van der Waals surface area contributed by atoms with E-state index < -0.39 is 49.5 Å². The number of hydrogen-bond acceptors (Lipinski definition) is 8. The van der Waals surface area contributed by atoms with E-state index in [4.69, 9.17) is 9.47 Å². The summed E-state index contributed by atoms with van der Waals surface area (Å²) < 4.78 is 11.2. The highest BCUT2D eigenvalue weighted by atomic mass is 16.7. The molecule has 0 saturated carbocycles. The Morgan fingerprint density at radius 2 is 0.871 bits per heavy atom. The second-order valence-corrected chi connectivity index (χ2v) is 20.8. The fourth-order valence-corrected chi connectivity index (χ4v) is 9.37. The highest BCUT2D eigenvalue weighted by molar-refractivity contribution is 5.76. The molecule has 410 valence electrons. The summed E-state index contributed by atoms with van der Waals surface area (Å²) in [6.45, 7) is 3.68. The molecule has 0 aliphatic carbocycles. The number of hydrogen-bond donors (Lipinski definition) is 6. The van der Waals surface area contributed by atoms with Crippen LogP contribution >= 0.6 is 0 Å². The van der Waals surface area contributed by atoms with Crippen molar-refractivity contribution in [3.8, 4) is 0 Å². The number of carbonyl (C=O) groups excluding carboxylic acids is 1. The largest absolute Gasteiger partial charge is 0.394 e. The Bertz CT molecular complexity index is 1240. The third-order valence-electron chi connectivity index (χ3n) is 14.1. The molecular weight excluding hydrogens is 875 g/mol. The lowest BCUT2D eigenvalue weighted by Gasteiger charge is -2.40. The summed E-state index contributed by atoms with van der Waals surface area (Å²) in [6, 6.07) is -0.817. The van der Waals surface area contributed by atoms with Crippen LogP contribution in [0.15, 0.2) is 48.6 Å². The van der Waals surface area contributed by atoms with Crippen LogP contribution in [0.25, 0.3) is 0 Å². The zero-order chi connectivity index (χ0) is 50.8. The van der Waals surface area contributed by atoms with Gasteiger partial charge in [0, 0.05) is 6.42 Å². The van der Waals surface area contributed by atoms with Crippen LogP contribution in [0.1, 0.15) is 277 Å². The van der Waals surface area contributed by atoms with E-state index in [0.717, 1.165) is 51.4 Å². The van der Waals surface area contributed by atoms with Gasteiger partial charge in [-0.2, -0.15) is 0 Å². The summed E-state index contributed by atoms with van der Waals surface area (Å²) in [5.41, 5.74) is 0. The maximum Gasteiger partial charge on any atom is 0.220 e. The normalized spacial score (nSPS) is 19.7. The van der Waals surface area contributed by atoms with Gasteiger partial charge in [0.05, 0.1) is 25.4 Å². The highest BCUT2D eigenvalue weighted by Gasteiger charge is 2.44. The fourth-order valence-electron chi connectivity index (χ4n) is 9.37. The van der Waals surface area contributed by atoms with Crippen molar-refractivity contribution in [3.05, 3.63) is 48.6 Å². The van der Waals surface area contributed by atoms with Gasteiger partial charge in [-0.1, -0.05) is 262 Å². The van der Waals surface area contributed by atoms with E-state index in [9.17, 15) is 30.3 Å². The number of unbranched alkanes of at least 4 members (excludes halogenated alkanes) is 35. The van der Waals surface area contributed by atoms with Crippen LogP contribution in [0, 0.1) is 0 Å². The molecule has 0 aromatic rings. The highest BCUT2D eigenvalue weighted by Crippen LogP contribution is 2.23. The third kappa shape index (κ3) is 39.7. The molecule has 0 spiro atoms. The van der Waals surface area contributed by atoms with Gasteiger partial charge in [-0.25, -0.2) is 0 Å². The molecule has 1 rings (SSSR count). The quantitative estimate of drug-likeness (QED) is 0.0261. The molecule has 1 amide bonds. The van der Waals surface area contributed by atoms with Crippen LogP contribution in [0.5, 0.6) is 0 Å². The minimum atomic E-state index is -1.57. The van der Waals surface area contributed by atoms with Crippen molar-refractivity contribution in [3.63, 3.8) is 0 Å². The van der Waals surface area contributed by atoms with E-state index in [-0.39, 0.29) is 12.5 Å². The van der Waals surface area contributed by atoms with Crippen molar-refractivity contribution < 1.29 is 39.8 Å². The van der Waals surface area contributed by atoms with Crippen molar-refractivity contribution in [2.45, 2.75) is 320 Å². The molecule has 9 nitrogen and oxygen atoms in total. The Morgan fingerprint density at radius 3 is 1.33 bits per heavy atom. The summed E-state index contributed by atoms with van der Waals surface area (Å²) in [4.78, 5) is 13.0. The molecule has 1 aliphatic heterocycles. The molecule has 1 heterocycles. The van der Waals surface area contributed by atoms with Crippen molar-refractivity contribution in [2.24, 2.45) is 0 Å². The van der Waals surface area contributed by atoms with Gasteiger partial charge < -0.3 is 40.3 Å². The third-order valence-corrected chi connectivity index (χ3v) is 14.1. The van der Waals surface area contributed by atoms with Crippen LogP contribution in [0.4, 0.5) is 0 Å². The number of amides is 1. The second kappa shape index (κ2) is 50.7. The maximum absolute atomic E-state index is 13.0.